The van der Waals surface area contributed by atoms with Crippen molar-refractivity contribution in [2.45, 2.75) is 47.1 Å². The summed E-state index contributed by atoms with van der Waals surface area (Å²) in [5.41, 5.74) is 2.95. The zero-order valence-electron chi connectivity index (χ0n) is 11.0. The van der Waals surface area contributed by atoms with Crippen LogP contribution < -0.4 is 5.32 Å². The molecular formula is C14H24N2. The van der Waals surface area contributed by atoms with E-state index in [9.17, 15) is 0 Å². The minimum absolute atomic E-state index is 0.407. The molecule has 0 fully saturated rings. The third-order valence-electron chi connectivity index (χ3n) is 2.71. The Bertz CT molecular complexity index is 313. The van der Waals surface area contributed by atoms with Crippen molar-refractivity contribution in [2.24, 2.45) is 5.41 Å². The van der Waals surface area contributed by atoms with Crippen molar-refractivity contribution in [1.29, 1.82) is 0 Å². The molecule has 0 aliphatic carbocycles. The van der Waals surface area contributed by atoms with Crippen LogP contribution in [0.5, 0.6) is 0 Å². The van der Waals surface area contributed by atoms with E-state index in [2.05, 4.69) is 44.1 Å². The number of pyridine rings is 1. The van der Waals surface area contributed by atoms with Crippen LogP contribution >= 0.6 is 0 Å². The van der Waals surface area contributed by atoms with Crippen molar-refractivity contribution in [3.63, 3.8) is 0 Å². The van der Waals surface area contributed by atoms with Crippen LogP contribution in [0.15, 0.2) is 18.3 Å². The van der Waals surface area contributed by atoms with Crippen LogP contribution in [-0.4, -0.2) is 11.5 Å². The Labute approximate surface area is 99.5 Å². The first-order chi connectivity index (χ1) is 7.53. The molecule has 1 heterocycles. The minimum atomic E-state index is 0.407. The van der Waals surface area contributed by atoms with E-state index in [-0.39, 0.29) is 0 Å². The van der Waals surface area contributed by atoms with Gasteiger partial charge in [-0.1, -0.05) is 33.8 Å². The zero-order valence-corrected chi connectivity index (χ0v) is 11.0. The molecule has 2 nitrogen and oxygen atoms in total. The van der Waals surface area contributed by atoms with Crippen LogP contribution in [0.25, 0.3) is 0 Å². The van der Waals surface area contributed by atoms with Gasteiger partial charge in [-0.15, -0.1) is 0 Å². The molecule has 0 bridgehead atoms. The quantitative estimate of drug-likeness (QED) is 0.771. The smallest absolute Gasteiger partial charge is 0.0573 e. The summed E-state index contributed by atoms with van der Waals surface area (Å²) in [6.07, 6.45) is 4.13. The topological polar surface area (TPSA) is 24.9 Å². The van der Waals surface area contributed by atoms with E-state index in [0.717, 1.165) is 19.5 Å². The molecule has 0 amide bonds. The first kappa shape index (κ1) is 13.2. The van der Waals surface area contributed by atoms with E-state index in [1.54, 1.807) is 0 Å². The molecule has 0 unspecified atom stereocenters. The van der Waals surface area contributed by atoms with Gasteiger partial charge in [-0.2, -0.15) is 0 Å². The number of hydrogen-bond donors (Lipinski definition) is 1. The molecule has 0 aliphatic heterocycles. The van der Waals surface area contributed by atoms with Gasteiger partial charge in [0.15, 0.2) is 0 Å². The Morgan fingerprint density at radius 1 is 1.31 bits per heavy atom. The third-order valence-corrected chi connectivity index (χ3v) is 2.71. The maximum atomic E-state index is 4.42. The number of aromatic nitrogens is 1. The van der Waals surface area contributed by atoms with E-state index in [4.69, 9.17) is 0 Å². The summed E-state index contributed by atoms with van der Waals surface area (Å²) in [4.78, 5) is 4.42. The van der Waals surface area contributed by atoms with Gasteiger partial charge in [-0.25, -0.2) is 0 Å². The van der Waals surface area contributed by atoms with Crippen molar-refractivity contribution in [1.82, 2.24) is 10.3 Å². The predicted molar refractivity (Wildman–Crippen MR) is 69.4 cm³/mol. The monoisotopic (exact) mass is 220 g/mol. The second-order valence-electron chi connectivity index (χ2n) is 5.45. The van der Waals surface area contributed by atoms with Crippen molar-refractivity contribution >= 4 is 0 Å². The van der Waals surface area contributed by atoms with Gasteiger partial charge in [0.25, 0.3) is 0 Å². The van der Waals surface area contributed by atoms with Crippen molar-refractivity contribution in [3.05, 3.63) is 29.6 Å². The Hall–Kier alpha value is -0.890. The number of nitrogens with one attached hydrogen (secondary N) is 1. The first-order valence-electron chi connectivity index (χ1n) is 6.16. The van der Waals surface area contributed by atoms with Crippen molar-refractivity contribution in [3.8, 4) is 0 Å². The van der Waals surface area contributed by atoms with Gasteiger partial charge >= 0.3 is 0 Å². The largest absolute Gasteiger partial charge is 0.311 e. The molecule has 0 radical (unpaired) electrons. The van der Waals surface area contributed by atoms with E-state index in [1.807, 2.05) is 12.3 Å². The SMILES string of the molecule is CCc1cccnc1CNCCC(C)(C)C. The van der Waals surface area contributed by atoms with Crippen molar-refractivity contribution in [2.75, 3.05) is 6.54 Å². The molecular weight excluding hydrogens is 196 g/mol. The Morgan fingerprint density at radius 2 is 2.06 bits per heavy atom. The number of rotatable bonds is 5. The molecule has 1 aromatic heterocycles. The van der Waals surface area contributed by atoms with Gasteiger partial charge in [-0.3, -0.25) is 4.98 Å². The molecule has 0 spiro atoms. The van der Waals surface area contributed by atoms with Gasteiger partial charge in [0.1, 0.15) is 0 Å². The van der Waals surface area contributed by atoms with E-state index in [0.29, 0.717) is 5.41 Å². The molecule has 1 rings (SSSR count). The summed E-state index contributed by atoms with van der Waals surface area (Å²) >= 11 is 0. The summed E-state index contributed by atoms with van der Waals surface area (Å²) in [7, 11) is 0. The molecule has 2 heteroatoms. The molecule has 90 valence electrons. The summed E-state index contributed by atoms with van der Waals surface area (Å²) in [6, 6.07) is 4.17. The molecule has 0 saturated carbocycles. The second kappa shape index (κ2) is 6.00. The fourth-order valence-corrected chi connectivity index (χ4v) is 1.62. The van der Waals surface area contributed by atoms with Crippen LogP contribution in [0.1, 0.15) is 45.4 Å². The maximum Gasteiger partial charge on any atom is 0.0573 e. The van der Waals surface area contributed by atoms with Crippen LogP contribution in [0.4, 0.5) is 0 Å². The highest BCUT2D eigenvalue weighted by Crippen LogP contribution is 2.17. The van der Waals surface area contributed by atoms with Gasteiger partial charge in [-0.05, 0) is 36.4 Å². The lowest BCUT2D eigenvalue weighted by Crippen LogP contribution is -2.21. The molecule has 0 aromatic carbocycles. The van der Waals surface area contributed by atoms with Gasteiger partial charge in [0.2, 0.25) is 0 Å². The summed E-state index contributed by atoms with van der Waals surface area (Å²) in [5.74, 6) is 0. The lowest BCUT2D eigenvalue weighted by Gasteiger charge is -2.18. The lowest BCUT2D eigenvalue weighted by atomic mass is 9.92. The van der Waals surface area contributed by atoms with E-state index in [1.165, 1.54) is 17.7 Å². The van der Waals surface area contributed by atoms with Crippen LogP contribution in [0, 0.1) is 5.41 Å². The highest BCUT2D eigenvalue weighted by molar-refractivity contribution is 5.19. The van der Waals surface area contributed by atoms with Gasteiger partial charge in [0, 0.05) is 12.7 Å². The predicted octanol–water partition coefficient (Wildman–Crippen LogP) is 3.17. The Morgan fingerprint density at radius 3 is 2.69 bits per heavy atom. The highest BCUT2D eigenvalue weighted by atomic mass is 14.9. The fourth-order valence-electron chi connectivity index (χ4n) is 1.62. The average Bonchev–Trinajstić information content (AvgIpc) is 2.23. The molecule has 0 atom stereocenters. The molecule has 1 N–H and O–H groups in total. The van der Waals surface area contributed by atoms with Crippen molar-refractivity contribution < 1.29 is 0 Å². The molecule has 0 saturated heterocycles. The summed E-state index contributed by atoms with van der Waals surface area (Å²) in [5, 5.41) is 3.47. The Kier molecular flexibility index (Phi) is 4.94. The average molecular weight is 220 g/mol. The van der Waals surface area contributed by atoms with E-state index < -0.39 is 0 Å². The minimum Gasteiger partial charge on any atom is -0.311 e. The van der Waals surface area contributed by atoms with Gasteiger partial charge in [0.05, 0.1) is 5.69 Å². The van der Waals surface area contributed by atoms with Crippen LogP contribution in [-0.2, 0) is 13.0 Å². The van der Waals surface area contributed by atoms with E-state index >= 15 is 0 Å². The highest BCUT2D eigenvalue weighted by Gasteiger charge is 2.09. The lowest BCUT2D eigenvalue weighted by molar-refractivity contribution is 0.366. The normalized spacial score (nSPS) is 11.8. The fraction of sp³-hybridized carbons (Fsp3) is 0.643. The Balaban J connectivity index is 2.37. The van der Waals surface area contributed by atoms with Crippen LogP contribution in [0.2, 0.25) is 0 Å². The summed E-state index contributed by atoms with van der Waals surface area (Å²) < 4.78 is 0. The maximum absolute atomic E-state index is 4.42. The number of hydrogen-bond acceptors (Lipinski definition) is 2. The molecule has 1 aromatic rings. The molecule has 0 aliphatic rings. The standard InChI is InChI=1S/C14H24N2/c1-5-12-7-6-9-16-13(12)11-15-10-8-14(2,3)4/h6-7,9,15H,5,8,10-11H2,1-4H3. The zero-order chi connectivity index (χ0) is 12.0. The third kappa shape index (κ3) is 4.75. The number of nitrogens with zero attached hydrogens (tertiary/aromatic N) is 1. The number of aryl methyl sites for hydroxylation is 1. The first-order valence-corrected chi connectivity index (χ1v) is 6.16. The van der Waals surface area contributed by atoms with Gasteiger partial charge < -0.3 is 5.32 Å². The molecule has 16 heavy (non-hydrogen) atoms. The second-order valence-corrected chi connectivity index (χ2v) is 5.45. The van der Waals surface area contributed by atoms with Crippen LogP contribution in [0.3, 0.4) is 0 Å². The summed E-state index contributed by atoms with van der Waals surface area (Å²) in [6.45, 7) is 10.9.